The maximum atomic E-state index is 5.87. The summed E-state index contributed by atoms with van der Waals surface area (Å²) in [6.07, 6.45) is 1.76. The second kappa shape index (κ2) is 6.79. The molecule has 0 amide bonds. The van der Waals surface area contributed by atoms with Crippen LogP contribution in [0.25, 0.3) is 0 Å². The number of benzene rings is 2. The van der Waals surface area contributed by atoms with Gasteiger partial charge < -0.3 is 14.4 Å². The third-order valence-electron chi connectivity index (χ3n) is 2.88. The van der Waals surface area contributed by atoms with Crippen LogP contribution in [0.15, 0.2) is 47.5 Å². The second-order valence-corrected chi connectivity index (χ2v) is 4.91. The van der Waals surface area contributed by atoms with Crippen LogP contribution >= 0.6 is 0 Å². The maximum Gasteiger partial charge on any atom is 0.169 e. The summed E-state index contributed by atoms with van der Waals surface area (Å²) in [5.41, 5.74) is 1.89. The number of aryl methyl sites for hydroxylation is 1. The van der Waals surface area contributed by atoms with E-state index in [1.807, 2.05) is 68.4 Å². The van der Waals surface area contributed by atoms with Crippen LogP contribution in [0.2, 0.25) is 0 Å². The van der Waals surface area contributed by atoms with E-state index in [1.54, 1.807) is 13.4 Å². The molecule has 4 nitrogen and oxygen atoms in total. The predicted octanol–water partition coefficient (Wildman–Crippen LogP) is 4.02. The molecule has 0 atom stereocenters. The summed E-state index contributed by atoms with van der Waals surface area (Å²) < 4.78 is 11.3. The van der Waals surface area contributed by atoms with Gasteiger partial charge in [0.2, 0.25) is 0 Å². The molecular weight excluding hydrogens is 264 g/mol. The maximum absolute atomic E-state index is 5.87. The number of aliphatic imine (C=N–C) groups is 1. The molecule has 0 aliphatic rings. The lowest BCUT2D eigenvalue weighted by Gasteiger charge is -2.13. The highest BCUT2D eigenvalue weighted by molar-refractivity contribution is 5.65. The Kier molecular flexibility index (Phi) is 4.82. The lowest BCUT2D eigenvalue weighted by atomic mass is 10.2. The summed E-state index contributed by atoms with van der Waals surface area (Å²) in [5, 5.41) is 0. The fourth-order valence-corrected chi connectivity index (χ4v) is 1.82. The van der Waals surface area contributed by atoms with E-state index in [9.17, 15) is 0 Å². The van der Waals surface area contributed by atoms with Crippen LogP contribution in [0, 0.1) is 6.92 Å². The Morgan fingerprint density at radius 2 is 1.76 bits per heavy atom. The van der Waals surface area contributed by atoms with Crippen molar-refractivity contribution in [3.63, 3.8) is 0 Å². The van der Waals surface area contributed by atoms with Gasteiger partial charge in [0.1, 0.15) is 5.75 Å². The smallest absolute Gasteiger partial charge is 0.169 e. The average molecular weight is 284 g/mol. The van der Waals surface area contributed by atoms with Gasteiger partial charge in [-0.1, -0.05) is 18.2 Å². The van der Waals surface area contributed by atoms with Gasteiger partial charge in [0.15, 0.2) is 11.5 Å². The highest BCUT2D eigenvalue weighted by Crippen LogP contribution is 2.37. The van der Waals surface area contributed by atoms with Crippen molar-refractivity contribution in [2.24, 2.45) is 4.99 Å². The first-order valence-electron chi connectivity index (χ1n) is 6.72. The van der Waals surface area contributed by atoms with Gasteiger partial charge in [-0.15, -0.1) is 0 Å². The van der Waals surface area contributed by atoms with Crippen LogP contribution in [0.1, 0.15) is 5.56 Å². The van der Waals surface area contributed by atoms with E-state index in [0.29, 0.717) is 11.5 Å². The number of hydrogen-bond donors (Lipinski definition) is 0. The molecule has 0 radical (unpaired) electrons. The van der Waals surface area contributed by atoms with Gasteiger partial charge in [0, 0.05) is 20.2 Å². The zero-order valence-electron chi connectivity index (χ0n) is 12.8. The topological polar surface area (TPSA) is 34.1 Å². The van der Waals surface area contributed by atoms with Crippen LogP contribution in [-0.2, 0) is 0 Å². The zero-order valence-corrected chi connectivity index (χ0v) is 12.8. The Morgan fingerprint density at radius 3 is 2.38 bits per heavy atom. The Labute approximate surface area is 125 Å². The lowest BCUT2D eigenvalue weighted by molar-refractivity contribution is 0.379. The van der Waals surface area contributed by atoms with Crippen molar-refractivity contribution in [2.75, 3.05) is 21.2 Å². The monoisotopic (exact) mass is 284 g/mol. The number of ether oxygens (including phenoxy) is 2. The Hall–Kier alpha value is -2.49. The third-order valence-corrected chi connectivity index (χ3v) is 2.88. The molecule has 0 aliphatic carbocycles. The predicted molar refractivity (Wildman–Crippen MR) is 86.1 cm³/mol. The first-order valence-corrected chi connectivity index (χ1v) is 6.72. The molecular formula is C17H20N2O2. The lowest BCUT2D eigenvalue weighted by Crippen LogP contribution is -2.07. The SMILES string of the molecule is COc1cc(/N=C/N(C)C)c(C)cc1Oc1ccccc1. The average Bonchev–Trinajstić information content (AvgIpc) is 2.47. The number of nitrogens with zero attached hydrogens (tertiary/aromatic N) is 2. The summed E-state index contributed by atoms with van der Waals surface area (Å²) in [5.74, 6) is 2.13. The number of rotatable bonds is 5. The minimum atomic E-state index is 0.662. The number of methoxy groups -OCH3 is 1. The minimum absolute atomic E-state index is 0.662. The van der Waals surface area contributed by atoms with E-state index >= 15 is 0 Å². The standard InChI is InChI=1S/C17H20N2O2/c1-13-10-17(21-14-8-6-5-7-9-14)16(20-4)11-15(13)18-12-19(2)3/h5-12H,1-4H3/b18-12+. The van der Waals surface area contributed by atoms with E-state index in [-0.39, 0.29) is 0 Å². The fraction of sp³-hybridized carbons (Fsp3) is 0.235. The molecule has 2 aromatic rings. The molecule has 110 valence electrons. The van der Waals surface area contributed by atoms with Crippen LogP contribution in [0.4, 0.5) is 5.69 Å². The molecule has 21 heavy (non-hydrogen) atoms. The Morgan fingerprint density at radius 1 is 1.05 bits per heavy atom. The van der Waals surface area contributed by atoms with Gasteiger partial charge in [-0.3, -0.25) is 0 Å². The second-order valence-electron chi connectivity index (χ2n) is 4.91. The van der Waals surface area contributed by atoms with Crippen molar-refractivity contribution in [2.45, 2.75) is 6.92 Å². The van der Waals surface area contributed by atoms with Gasteiger partial charge in [-0.2, -0.15) is 0 Å². The number of para-hydroxylation sites is 1. The normalized spacial score (nSPS) is 10.7. The van der Waals surface area contributed by atoms with Crippen molar-refractivity contribution in [1.29, 1.82) is 0 Å². The molecule has 0 aromatic heterocycles. The van der Waals surface area contributed by atoms with Gasteiger partial charge in [0.05, 0.1) is 19.1 Å². The molecule has 0 saturated carbocycles. The number of hydrogen-bond acceptors (Lipinski definition) is 3. The molecule has 0 bridgehead atoms. The van der Waals surface area contributed by atoms with Crippen molar-refractivity contribution in [3.8, 4) is 17.2 Å². The van der Waals surface area contributed by atoms with Crippen LogP contribution in [-0.4, -0.2) is 32.4 Å². The molecule has 0 aliphatic heterocycles. The molecule has 0 unspecified atom stereocenters. The molecule has 0 N–H and O–H groups in total. The molecule has 0 saturated heterocycles. The van der Waals surface area contributed by atoms with Crippen LogP contribution < -0.4 is 9.47 Å². The summed E-state index contributed by atoms with van der Waals surface area (Å²) in [6.45, 7) is 2.00. The van der Waals surface area contributed by atoms with Crippen LogP contribution in [0.5, 0.6) is 17.2 Å². The van der Waals surface area contributed by atoms with E-state index < -0.39 is 0 Å². The van der Waals surface area contributed by atoms with Gasteiger partial charge >= 0.3 is 0 Å². The zero-order chi connectivity index (χ0) is 15.2. The van der Waals surface area contributed by atoms with Crippen LogP contribution in [0.3, 0.4) is 0 Å². The van der Waals surface area contributed by atoms with Gasteiger partial charge in [-0.05, 0) is 30.7 Å². The first-order chi connectivity index (χ1) is 10.1. The summed E-state index contributed by atoms with van der Waals surface area (Å²) in [6, 6.07) is 13.5. The molecule has 2 rings (SSSR count). The molecule has 4 heteroatoms. The van der Waals surface area contributed by atoms with Crippen molar-refractivity contribution >= 4 is 12.0 Å². The van der Waals surface area contributed by atoms with Crippen molar-refractivity contribution in [1.82, 2.24) is 4.90 Å². The van der Waals surface area contributed by atoms with E-state index in [2.05, 4.69) is 4.99 Å². The van der Waals surface area contributed by atoms with E-state index in [0.717, 1.165) is 17.0 Å². The van der Waals surface area contributed by atoms with E-state index in [1.165, 1.54) is 0 Å². The minimum Gasteiger partial charge on any atom is -0.493 e. The van der Waals surface area contributed by atoms with Gasteiger partial charge in [0.25, 0.3) is 0 Å². The summed E-state index contributed by atoms with van der Waals surface area (Å²) >= 11 is 0. The first kappa shape index (κ1) is 14.9. The Balaban J connectivity index is 2.32. The highest BCUT2D eigenvalue weighted by atomic mass is 16.5. The van der Waals surface area contributed by atoms with Crippen molar-refractivity contribution < 1.29 is 9.47 Å². The summed E-state index contributed by atoms with van der Waals surface area (Å²) in [7, 11) is 5.49. The quantitative estimate of drug-likeness (QED) is 0.614. The Bertz CT molecular complexity index is 622. The summed E-state index contributed by atoms with van der Waals surface area (Å²) in [4.78, 5) is 6.32. The largest absolute Gasteiger partial charge is 0.493 e. The molecule has 0 fully saturated rings. The van der Waals surface area contributed by atoms with E-state index in [4.69, 9.17) is 9.47 Å². The molecule has 2 aromatic carbocycles. The highest BCUT2D eigenvalue weighted by Gasteiger charge is 2.09. The third kappa shape index (κ3) is 3.99. The van der Waals surface area contributed by atoms with Gasteiger partial charge in [-0.25, -0.2) is 4.99 Å². The van der Waals surface area contributed by atoms with Crippen molar-refractivity contribution in [3.05, 3.63) is 48.0 Å². The fourth-order valence-electron chi connectivity index (χ4n) is 1.82. The molecule has 0 spiro atoms. The molecule has 0 heterocycles.